The van der Waals surface area contributed by atoms with Crippen LogP contribution in [0.15, 0.2) is 48.5 Å². The summed E-state index contributed by atoms with van der Waals surface area (Å²) in [5, 5.41) is 1.47. The molecule has 0 saturated heterocycles. The minimum absolute atomic E-state index is 0.00622. The van der Waals surface area contributed by atoms with Gasteiger partial charge in [-0.25, -0.2) is 0 Å². The largest absolute Gasteiger partial charge is 0.368 e. The fourth-order valence-electron chi connectivity index (χ4n) is 1.78. The first-order valence-electron chi connectivity index (χ1n) is 5.87. The number of hydrogen-bond donors (Lipinski definition) is 0. The minimum Gasteiger partial charge on any atom is -0.368 e. The van der Waals surface area contributed by atoms with E-state index < -0.39 is 0 Å². The van der Waals surface area contributed by atoms with Crippen molar-refractivity contribution in [3.8, 4) is 0 Å². The molecule has 0 aromatic heterocycles. The second kappa shape index (κ2) is 7.48. The summed E-state index contributed by atoms with van der Waals surface area (Å²) >= 11 is 14.5. The van der Waals surface area contributed by atoms with Gasteiger partial charge in [0.1, 0.15) is 0 Å². The highest BCUT2D eigenvalue weighted by atomic mass is 127. The Labute approximate surface area is 137 Å². The van der Waals surface area contributed by atoms with Gasteiger partial charge in [0.25, 0.3) is 0 Å². The summed E-state index contributed by atoms with van der Waals surface area (Å²) in [6.45, 7) is 0.527. The standard InChI is InChI=1S/C15H13Cl2IO/c16-12-5-3-4-11(8-12)10-19-15(9-18)13-6-1-2-7-14(13)17/h1-8,15H,9-10H2. The molecule has 0 saturated carbocycles. The van der Waals surface area contributed by atoms with Gasteiger partial charge in [-0.3, -0.25) is 0 Å². The van der Waals surface area contributed by atoms with Crippen molar-refractivity contribution in [1.82, 2.24) is 0 Å². The van der Waals surface area contributed by atoms with Crippen LogP contribution < -0.4 is 0 Å². The third-order valence-electron chi connectivity index (χ3n) is 2.73. The molecule has 0 fully saturated rings. The van der Waals surface area contributed by atoms with E-state index in [1.165, 1.54) is 0 Å². The number of benzene rings is 2. The van der Waals surface area contributed by atoms with E-state index in [0.29, 0.717) is 6.61 Å². The van der Waals surface area contributed by atoms with Gasteiger partial charge in [-0.1, -0.05) is 76.1 Å². The zero-order chi connectivity index (χ0) is 13.7. The van der Waals surface area contributed by atoms with Crippen LogP contribution in [-0.2, 0) is 11.3 Å². The molecule has 0 amide bonds. The average molecular weight is 407 g/mol. The lowest BCUT2D eigenvalue weighted by atomic mass is 10.1. The fraction of sp³-hybridized carbons (Fsp3) is 0.200. The maximum atomic E-state index is 6.20. The maximum absolute atomic E-state index is 6.20. The van der Waals surface area contributed by atoms with Gasteiger partial charge in [0.2, 0.25) is 0 Å². The first-order chi connectivity index (χ1) is 9.20. The topological polar surface area (TPSA) is 9.23 Å². The highest BCUT2D eigenvalue weighted by Crippen LogP contribution is 2.28. The summed E-state index contributed by atoms with van der Waals surface area (Å²) < 4.78 is 6.80. The van der Waals surface area contributed by atoms with Gasteiger partial charge in [0.15, 0.2) is 0 Å². The molecule has 1 nitrogen and oxygen atoms in total. The third-order valence-corrected chi connectivity index (χ3v) is 4.11. The van der Waals surface area contributed by atoms with Crippen molar-refractivity contribution >= 4 is 45.8 Å². The molecular formula is C15H13Cl2IO. The van der Waals surface area contributed by atoms with Crippen LogP contribution >= 0.6 is 45.8 Å². The lowest BCUT2D eigenvalue weighted by molar-refractivity contribution is 0.0578. The molecule has 2 aromatic rings. The molecular weight excluding hydrogens is 394 g/mol. The zero-order valence-electron chi connectivity index (χ0n) is 10.2. The second-order valence-electron chi connectivity index (χ2n) is 4.11. The van der Waals surface area contributed by atoms with Gasteiger partial charge in [0.05, 0.1) is 12.7 Å². The first kappa shape index (κ1) is 15.1. The van der Waals surface area contributed by atoms with E-state index in [0.717, 1.165) is 25.6 Å². The molecule has 0 spiro atoms. The molecule has 2 aromatic carbocycles. The SMILES string of the molecule is Clc1cccc(COC(CI)c2ccccc2Cl)c1. The Morgan fingerprint density at radius 2 is 1.84 bits per heavy atom. The smallest absolute Gasteiger partial charge is 0.0933 e. The van der Waals surface area contributed by atoms with Crippen molar-refractivity contribution in [3.05, 3.63) is 69.7 Å². The van der Waals surface area contributed by atoms with Crippen LogP contribution in [0.3, 0.4) is 0 Å². The van der Waals surface area contributed by atoms with Crippen molar-refractivity contribution < 1.29 is 4.74 Å². The van der Waals surface area contributed by atoms with Crippen LogP contribution in [0.2, 0.25) is 10.0 Å². The predicted octanol–water partition coefficient (Wildman–Crippen LogP) is 5.69. The average Bonchev–Trinajstić information content (AvgIpc) is 2.41. The molecule has 0 heterocycles. The Kier molecular flexibility index (Phi) is 5.95. The van der Waals surface area contributed by atoms with Crippen molar-refractivity contribution in [2.75, 3.05) is 4.43 Å². The molecule has 19 heavy (non-hydrogen) atoms. The molecule has 100 valence electrons. The number of halogens is 3. The van der Waals surface area contributed by atoms with Gasteiger partial charge in [0, 0.05) is 20.0 Å². The normalized spacial score (nSPS) is 12.4. The number of rotatable bonds is 5. The summed E-state index contributed by atoms with van der Waals surface area (Å²) in [5.74, 6) is 0. The molecule has 1 atom stereocenters. The van der Waals surface area contributed by atoms with Crippen LogP contribution in [0.25, 0.3) is 0 Å². The monoisotopic (exact) mass is 406 g/mol. The maximum Gasteiger partial charge on any atom is 0.0933 e. The summed E-state index contributed by atoms with van der Waals surface area (Å²) in [6, 6.07) is 15.5. The Balaban J connectivity index is 2.06. The molecule has 0 aliphatic heterocycles. The summed E-state index contributed by atoms with van der Waals surface area (Å²) in [5.41, 5.74) is 2.09. The fourth-order valence-corrected chi connectivity index (χ4v) is 2.98. The van der Waals surface area contributed by atoms with E-state index in [2.05, 4.69) is 22.6 Å². The molecule has 2 rings (SSSR count). The van der Waals surface area contributed by atoms with E-state index >= 15 is 0 Å². The van der Waals surface area contributed by atoms with Gasteiger partial charge in [-0.15, -0.1) is 0 Å². The summed E-state index contributed by atoms with van der Waals surface area (Å²) in [7, 11) is 0. The predicted molar refractivity (Wildman–Crippen MR) is 89.3 cm³/mol. The first-order valence-corrected chi connectivity index (χ1v) is 8.15. The molecule has 1 unspecified atom stereocenters. The van der Waals surface area contributed by atoms with Crippen LogP contribution in [-0.4, -0.2) is 4.43 Å². The van der Waals surface area contributed by atoms with Gasteiger partial charge < -0.3 is 4.74 Å². The van der Waals surface area contributed by atoms with Crippen LogP contribution in [0.5, 0.6) is 0 Å². The van der Waals surface area contributed by atoms with E-state index in [1.807, 2.05) is 48.5 Å². The lowest BCUT2D eigenvalue weighted by Crippen LogP contribution is -2.06. The molecule has 0 bridgehead atoms. The third kappa shape index (κ3) is 4.35. The zero-order valence-corrected chi connectivity index (χ0v) is 13.8. The molecule has 4 heteroatoms. The van der Waals surface area contributed by atoms with Gasteiger partial charge in [-0.2, -0.15) is 0 Å². The van der Waals surface area contributed by atoms with Crippen molar-refractivity contribution in [2.45, 2.75) is 12.7 Å². The molecule has 0 aliphatic carbocycles. The second-order valence-corrected chi connectivity index (χ2v) is 5.83. The summed E-state index contributed by atoms with van der Waals surface area (Å²) in [4.78, 5) is 0. The Bertz CT molecular complexity index is 545. The highest BCUT2D eigenvalue weighted by Gasteiger charge is 2.13. The summed E-state index contributed by atoms with van der Waals surface area (Å²) in [6.07, 6.45) is -0.00622. The Morgan fingerprint density at radius 1 is 1.05 bits per heavy atom. The minimum atomic E-state index is -0.00622. The van der Waals surface area contributed by atoms with Crippen LogP contribution in [0.4, 0.5) is 0 Å². The molecule has 0 N–H and O–H groups in total. The van der Waals surface area contributed by atoms with Crippen molar-refractivity contribution in [1.29, 1.82) is 0 Å². The van der Waals surface area contributed by atoms with Crippen LogP contribution in [0.1, 0.15) is 17.2 Å². The number of hydrogen-bond acceptors (Lipinski definition) is 1. The van der Waals surface area contributed by atoms with Gasteiger partial charge >= 0.3 is 0 Å². The molecule has 0 aliphatic rings. The lowest BCUT2D eigenvalue weighted by Gasteiger charge is -2.17. The Morgan fingerprint density at radius 3 is 2.53 bits per heavy atom. The van der Waals surface area contributed by atoms with Crippen molar-refractivity contribution in [2.24, 2.45) is 0 Å². The van der Waals surface area contributed by atoms with E-state index in [-0.39, 0.29) is 6.10 Å². The van der Waals surface area contributed by atoms with E-state index in [9.17, 15) is 0 Å². The van der Waals surface area contributed by atoms with E-state index in [4.69, 9.17) is 27.9 Å². The molecule has 0 radical (unpaired) electrons. The quantitative estimate of drug-likeness (QED) is 0.458. The highest BCUT2D eigenvalue weighted by molar-refractivity contribution is 14.1. The number of ether oxygens (including phenoxy) is 1. The number of alkyl halides is 1. The van der Waals surface area contributed by atoms with E-state index in [1.54, 1.807) is 0 Å². The van der Waals surface area contributed by atoms with Crippen LogP contribution in [0, 0.1) is 0 Å². The van der Waals surface area contributed by atoms with Gasteiger partial charge in [-0.05, 0) is 23.8 Å². The van der Waals surface area contributed by atoms with Crippen molar-refractivity contribution in [3.63, 3.8) is 0 Å². The Hall–Kier alpha value is -0.290.